The van der Waals surface area contributed by atoms with Gasteiger partial charge in [-0.15, -0.1) is 11.3 Å². The Balaban J connectivity index is 2.68. The van der Waals surface area contributed by atoms with Gasteiger partial charge < -0.3 is 10.4 Å². The first-order chi connectivity index (χ1) is 9.70. The van der Waals surface area contributed by atoms with Crippen molar-refractivity contribution in [1.82, 2.24) is 10.3 Å². The van der Waals surface area contributed by atoms with Gasteiger partial charge in [-0.2, -0.15) is 0 Å². The van der Waals surface area contributed by atoms with Crippen LogP contribution in [0.25, 0.3) is 6.08 Å². The van der Waals surface area contributed by atoms with E-state index < -0.39 is 0 Å². The molecular formula is C16H26N2O2S. The summed E-state index contributed by atoms with van der Waals surface area (Å²) in [4.78, 5) is 17.3. The number of hydrogen-bond acceptors (Lipinski definition) is 4. The molecule has 1 rings (SSSR count). The molecule has 0 saturated heterocycles. The highest BCUT2D eigenvalue weighted by molar-refractivity contribution is 7.12. The van der Waals surface area contributed by atoms with Gasteiger partial charge in [0.25, 0.3) is 0 Å². The molecule has 0 spiro atoms. The molecule has 1 unspecified atom stereocenters. The lowest BCUT2D eigenvalue weighted by atomic mass is 9.95. The van der Waals surface area contributed by atoms with E-state index in [2.05, 4.69) is 31.1 Å². The number of carbonyl (C=O) groups is 1. The van der Waals surface area contributed by atoms with Crippen LogP contribution >= 0.6 is 11.3 Å². The molecule has 0 fully saturated rings. The highest BCUT2D eigenvalue weighted by Crippen LogP contribution is 2.27. The van der Waals surface area contributed by atoms with Crippen molar-refractivity contribution in [3.8, 4) is 0 Å². The molecule has 1 heterocycles. The highest BCUT2D eigenvalue weighted by Gasteiger charge is 2.22. The van der Waals surface area contributed by atoms with Crippen LogP contribution in [0.5, 0.6) is 0 Å². The average Bonchev–Trinajstić information content (AvgIpc) is 2.85. The van der Waals surface area contributed by atoms with Crippen molar-refractivity contribution < 1.29 is 9.90 Å². The summed E-state index contributed by atoms with van der Waals surface area (Å²) in [6, 6.07) is 0. The number of aliphatic hydroxyl groups is 1. The third kappa shape index (κ3) is 5.59. The van der Waals surface area contributed by atoms with Crippen molar-refractivity contribution in [2.24, 2.45) is 0 Å². The second-order valence-electron chi connectivity index (χ2n) is 6.53. The van der Waals surface area contributed by atoms with Gasteiger partial charge >= 0.3 is 0 Å². The smallest absolute Gasteiger partial charge is 0.244 e. The van der Waals surface area contributed by atoms with E-state index in [0.29, 0.717) is 6.42 Å². The molecule has 1 amide bonds. The maximum Gasteiger partial charge on any atom is 0.244 e. The third-order valence-corrected chi connectivity index (χ3v) is 4.82. The van der Waals surface area contributed by atoms with Crippen molar-refractivity contribution in [2.75, 3.05) is 6.61 Å². The standard InChI is InChI=1S/C16H26N2O2S/c1-6-16(5,9-10-19)18-13(20)8-7-12-11-17-14(21-12)15(2,3)4/h7-8,11,19H,6,9-10H2,1-5H3,(H,18,20)/b8-7+. The van der Waals surface area contributed by atoms with E-state index in [-0.39, 0.29) is 23.5 Å². The molecule has 118 valence electrons. The molecule has 21 heavy (non-hydrogen) atoms. The molecule has 4 nitrogen and oxygen atoms in total. The summed E-state index contributed by atoms with van der Waals surface area (Å²) in [5.74, 6) is -0.140. The van der Waals surface area contributed by atoms with E-state index in [1.54, 1.807) is 23.6 Å². The predicted octanol–water partition coefficient (Wildman–Crippen LogP) is 3.12. The van der Waals surface area contributed by atoms with E-state index >= 15 is 0 Å². The lowest BCUT2D eigenvalue weighted by Crippen LogP contribution is -2.45. The van der Waals surface area contributed by atoms with Crippen molar-refractivity contribution in [3.05, 3.63) is 22.2 Å². The van der Waals surface area contributed by atoms with Gasteiger partial charge in [0, 0.05) is 34.7 Å². The highest BCUT2D eigenvalue weighted by atomic mass is 32.1. The fourth-order valence-corrected chi connectivity index (χ4v) is 2.66. The van der Waals surface area contributed by atoms with Crippen LogP contribution in [0.2, 0.25) is 0 Å². The number of nitrogens with zero attached hydrogens (tertiary/aromatic N) is 1. The van der Waals surface area contributed by atoms with Gasteiger partial charge in [0.1, 0.15) is 0 Å². The Morgan fingerprint density at radius 3 is 2.57 bits per heavy atom. The van der Waals surface area contributed by atoms with Crippen molar-refractivity contribution in [2.45, 2.75) is 58.4 Å². The van der Waals surface area contributed by atoms with Crippen LogP contribution in [0.15, 0.2) is 12.3 Å². The summed E-state index contributed by atoms with van der Waals surface area (Å²) >= 11 is 1.60. The predicted molar refractivity (Wildman–Crippen MR) is 88.4 cm³/mol. The Bertz CT molecular complexity index is 503. The van der Waals surface area contributed by atoms with Crippen LogP contribution in [0.1, 0.15) is 57.3 Å². The first kappa shape index (κ1) is 17.9. The van der Waals surface area contributed by atoms with Crippen molar-refractivity contribution in [3.63, 3.8) is 0 Å². The van der Waals surface area contributed by atoms with Crippen LogP contribution in [-0.2, 0) is 10.2 Å². The molecule has 2 N–H and O–H groups in total. The van der Waals surface area contributed by atoms with E-state index in [9.17, 15) is 4.79 Å². The van der Waals surface area contributed by atoms with Crippen LogP contribution in [0.4, 0.5) is 0 Å². The Labute approximate surface area is 131 Å². The van der Waals surface area contributed by atoms with Gasteiger partial charge in [-0.1, -0.05) is 27.7 Å². The van der Waals surface area contributed by atoms with Crippen molar-refractivity contribution >= 4 is 23.3 Å². The normalized spacial score (nSPS) is 15.1. The fourth-order valence-electron chi connectivity index (χ4n) is 1.78. The zero-order valence-corrected chi connectivity index (χ0v) is 14.4. The molecule has 5 heteroatoms. The molecule has 1 atom stereocenters. The molecule has 0 aliphatic carbocycles. The molecule has 1 aromatic heterocycles. The SMILES string of the molecule is CCC(C)(CCO)NC(=O)/C=C/c1cnc(C(C)(C)C)s1. The van der Waals surface area contributed by atoms with E-state index in [1.165, 1.54) is 6.08 Å². The maximum atomic E-state index is 12.0. The Hall–Kier alpha value is -1.20. The molecule has 1 aromatic rings. The second-order valence-corrected chi connectivity index (χ2v) is 7.59. The lowest BCUT2D eigenvalue weighted by Gasteiger charge is -2.28. The van der Waals surface area contributed by atoms with Crippen LogP contribution < -0.4 is 5.32 Å². The van der Waals surface area contributed by atoms with E-state index in [1.807, 2.05) is 13.8 Å². The number of amides is 1. The van der Waals surface area contributed by atoms with E-state index in [0.717, 1.165) is 16.3 Å². The summed E-state index contributed by atoms with van der Waals surface area (Å²) < 4.78 is 0. The largest absolute Gasteiger partial charge is 0.396 e. The zero-order chi connectivity index (χ0) is 16.1. The summed E-state index contributed by atoms with van der Waals surface area (Å²) in [7, 11) is 0. The van der Waals surface area contributed by atoms with Crippen LogP contribution in [-0.4, -0.2) is 28.1 Å². The first-order valence-corrected chi connectivity index (χ1v) is 8.09. The average molecular weight is 310 g/mol. The third-order valence-electron chi connectivity index (χ3n) is 3.43. The number of aromatic nitrogens is 1. The molecule has 0 aromatic carbocycles. The van der Waals surface area contributed by atoms with Crippen LogP contribution in [0.3, 0.4) is 0 Å². The summed E-state index contributed by atoms with van der Waals surface area (Å²) in [6.45, 7) is 10.4. The minimum atomic E-state index is -0.361. The first-order valence-electron chi connectivity index (χ1n) is 7.27. The molecule has 0 aliphatic heterocycles. The van der Waals surface area contributed by atoms with Gasteiger partial charge in [-0.05, 0) is 25.8 Å². The Kier molecular flexibility index (Phi) is 6.10. The van der Waals surface area contributed by atoms with Crippen LogP contribution in [0, 0.1) is 0 Å². The number of nitrogens with one attached hydrogen (secondary N) is 1. The zero-order valence-electron chi connectivity index (χ0n) is 13.6. The summed E-state index contributed by atoms with van der Waals surface area (Å²) in [5.41, 5.74) is -0.332. The van der Waals surface area contributed by atoms with Gasteiger partial charge in [0.2, 0.25) is 5.91 Å². The number of thiazole rings is 1. The maximum absolute atomic E-state index is 12.0. The minimum absolute atomic E-state index is 0.0287. The van der Waals surface area contributed by atoms with Gasteiger partial charge in [0.15, 0.2) is 0 Å². The van der Waals surface area contributed by atoms with E-state index in [4.69, 9.17) is 5.11 Å². The minimum Gasteiger partial charge on any atom is -0.396 e. The Morgan fingerprint density at radius 2 is 2.10 bits per heavy atom. The number of aliphatic hydroxyl groups excluding tert-OH is 1. The topological polar surface area (TPSA) is 62.2 Å². The van der Waals surface area contributed by atoms with Gasteiger partial charge in [0.05, 0.1) is 5.01 Å². The summed E-state index contributed by atoms with van der Waals surface area (Å²) in [5, 5.41) is 13.1. The second kappa shape index (κ2) is 7.18. The molecule has 0 radical (unpaired) electrons. The molecule has 0 bridgehead atoms. The number of hydrogen-bond donors (Lipinski definition) is 2. The lowest BCUT2D eigenvalue weighted by molar-refractivity contribution is -0.118. The number of rotatable bonds is 6. The quantitative estimate of drug-likeness (QED) is 0.794. The molecular weight excluding hydrogens is 284 g/mol. The van der Waals surface area contributed by atoms with Gasteiger partial charge in [-0.3, -0.25) is 4.79 Å². The Morgan fingerprint density at radius 1 is 1.43 bits per heavy atom. The monoisotopic (exact) mass is 310 g/mol. The fraction of sp³-hybridized carbons (Fsp3) is 0.625. The molecule has 0 saturated carbocycles. The summed E-state index contributed by atoms with van der Waals surface area (Å²) in [6.07, 6.45) is 6.45. The number of carbonyl (C=O) groups excluding carboxylic acids is 1. The van der Waals surface area contributed by atoms with Gasteiger partial charge in [-0.25, -0.2) is 4.98 Å². The molecule has 0 aliphatic rings. The van der Waals surface area contributed by atoms with Crippen molar-refractivity contribution in [1.29, 1.82) is 0 Å².